The van der Waals surface area contributed by atoms with Gasteiger partial charge in [-0.25, -0.2) is 9.97 Å². The summed E-state index contributed by atoms with van der Waals surface area (Å²) in [6, 6.07) is 21.3. The second-order valence-corrected chi connectivity index (χ2v) is 15.3. The zero-order chi connectivity index (χ0) is 42.0. The summed E-state index contributed by atoms with van der Waals surface area (Å²) in [4.78, 5) is 64.2. The molecule has 0 fully saturated rings. The summed E-state index contributed by atoms with van der Waals surface area (Å²) in [5.41, 5.74) is 5.15. The number of nitrogens with zero attached hydrogens (tertiary/aromatic N) is 6. The van der Waals surface area contributed by atoms with E-state index in [1.165, 1.54) is 6.92 Å². The van der Waals surface area contributed by atoms with Crippen molar-refractivity contribution in [3.63, 3.8) is 0 Å². The number of amides is 2. The Kier molecular flexibility index (Phi) is 12.3. The minimum Gasteiger partial charge on any atom is -0.308 e. The topological polar surface area (TPSA) is 110 Å². The minimum atomic E-state index is -0.182. The highest BCUT2D eigenvalue weighted by atomic mass is 35.5. The standard InChI is InChI=1S/C24H24ClN3O2.C22H20ClN3O2/c1-6-14-27(16(5)29)21-13-12-20-22(19(21)7-2)26-23(15(3)4)28(24(20)30)18-10-8-17(25)9-11-18;1-13(2)21-24-20-17-5-4-12-25(14(3)27)19(17)11-10-18(20)22(28)26(21)16-8-6-15(23)7-9-16/h6-13,15H,1-2,14H2,3-5H3;4-11,13H,12H2,1-3H3. The van der Waals surface area contributed by atoms with Gasteiger partial charge >= 0.3 is 0 Å². The third-order valence-corrected chi connectivity index (χ3v) is 10.3. The molecule has 6 aromatic rings. The van der Waals surface area contributed by atoms with E-state index >= 15 is 0 Å². The molecule has 12 heteroatoms. The molecular weight excluding hydrogens is 771 g/mol. The van der Waals surface area contributed by atoms with E-state index in [9.17, 15) is 19.2 Å². The van der Waals surface area contributed by atoms with E-state index in [-0.39, 0.29) is 34.8 Å². The van der Waals surface area contributed by atoms with Crippen LogP contribution >= 0.6 is 23.2 Å². The summed E-state index contributed by atoms with van der Waals surface area (Å²) >= 11 is 12.0. The summed E-state index contributed by atoms with van der Waals surface area (Å²) in [5.74, 6) is 1.13. The molecule has 10 nitrogen and oxygen atoms in total. The molecular formula is C46H44Cl2N6O4. The van der Waals surface area contributed by atoms with Crippen LogP contribution in [0.25, 0.3) is 45.3 Å². The van der Waals surface area contributed by atoms with Crippen molar-refractivity contribution in [2.75, 3.05) is 22.9 Å². The van der Waals surface area contributed by atoms with Crippen LogP contribution in [0.1, 0.15) is 76.2 Å². The van der Waals surface area contributed by atoms with Crippen molar-refractivity contribution in [1.29, 1.82) is 0 Å². The Bertz CT molecular complexity index is 2750. The third-order valence-electron chi connectivity index (χ3n) is 9.80. The zero-order valence-corrected chi connectivity index (χ0v) is 34.8. The van der Waals surface area contributed by atoms with Crippen LogP contribution in [0.4, 0.5) is 11.4 Å². The number of carbonyl (C=O) groups is 2. The monoisotopic (exact) mass is 814 g/mol. The van der Waals surface area contributed by atoms with Crippen LogP contribution in [0.5, 0.6) is 0 Å². The van der Waals surface area contributed by atoms with Crippen molar-refractivity contribution >= 4 is 80.3 Å². The average molecular weight is 816 g/mol. The highest BCUT2D eigenvalue weighted by molar-refractivity contribution is 6.30. The quantitative estimate of drug-likeness (QED) is 0.142. The number of fused-ring (bicyclic) bond motifs is 4. The molecule has 0 unspecified atom stereocenters. The molecule has 4 aromatic carbocycles. The van der Waals surface area contributed by atoms with Gasteiger partial charge in [-0.15, -0.1) is 6.58 Å². The molecule has 296 valence electrons. The molecule has 0 saturated carbocycles. The summed E-state index contributed by atoms with van der Waals surface area (Å²) in [6.45, 7) is 19.5. The average Bonchev–Trinajstić information content (AvgIpc) is 3.20. The first-order valence-electron chi connectivity index (χ1n) is 18.9. The van der Waals surface area contributed by atoms with Crippen molar-refractivity contribution in [3.05, 3.63) is 152 Å². The van der Waals surface area contributed by atoms with Crippen LogP contribution in [0.15, 0.2) is 108 Å². The Balaban J connectivity index is 0.000000196. The Hall–Kier alpha value is -6.10. The van der Waals surface area contributed by atoms with Crippen LogP contribution in [-0.2, 0) is 9.59 Å². The molecule has 1 aliphatic heterocycles. The molecule has 0 spiro atoms. The first kappa shape index (κ1) is 41.5. The lowest BCUT2D eigenvalue weighted by molar-refractivity contribution is -0.117. The van der Waals surface area contributed by atoms with E-state index in [0.29, 0.717) is 73.5 Å². The van der Waals surface area contributed by atoms with E-state index in [4.69, 9.17) is 33.2 Å². The molecule has 0 aliphatic carbocycles. The van der Waals surface area contributed by atoms with E-state index < -0.39 is 0 Å². The smallest absolute Gasteiger partial charge is 0.266 e. The first-order chi connectivity index (χ1) is 27.7. The Labute approximate surface area is 347 Å². The van der Waals surface area contributed by atoms with Crippen molar-refractivity contribution in [3.8, 4) is 11.4 Å². The Morgan fingerprint density at radius 2 is 1.26 bits per heavy atom. The summed E-state index contributed by atoms with van der Waals surface area (Å²) in [5, 5.41) is 2.18. The van der Waals surface area contributed by atoms with Gasteiger partial charge < -0.3 is 9.80 Å². The molecule has 0 radical (unpaired) electrons. The highest BCUT2D eigenvalue weighted by Gasteiger charge is 2.24. The Morgan fingerprint density at radius 3 is 1.72 bits per heavy atom. The second kappa shape index (κ2) is 17.2. The fraction of sp³-hybridized carbons (Fsp3) is 0.217. The maximum absolute atomic E-state index is 13.5. The fourth-order valence-corrected chi connectivity index (χ4v) is 7.30. The second-order valence-electron chi connectivity index (χ2n) is 14.4. The summed E-state index contributed by atoms with van der Waals surface area (Å²) in [6.07, 6.45) is 7.16. The molecule has 0 saturated heterocycles. The lowest BCUT2D eigenvalue weighted by atomic mass is 10.0. The molecule has 7 rings (SSSR count). The van der Waals surface area contributed by atoms with Crippen molar-refractivity contribution in [1.82, 2.24) is 19.1 Å². The normalized spacial score (nSPS) is 12.1. The molecule has 2 aromatic heterocycles. The highest BCUT2D eigenvalue weighted by Crippen LogP contribution is 2.33. The molecule has 3 heterocycles. The number of benzene rings is 4. The SMILES string of the molecule is C=CCN(C(C)=O)c1ccc2c(=O)n(-c3ccc(Cl)cc3)c(C(C)C)nc2c1C=C.CC(=O)N1CC=Cc2c1ccc1c(=O)n(-c3ccc(Cl)cc3)c(C(C)C)nc21. The van der Waals surface area contributed by atoms with E-state index in [1.807, 2.05) is 58.0 Å². The number of hydrogen-bond acceptors (Lipinski definition) is 6. The van der Waals surface area contributed by atoms with Gasteiger partial charge in [0.1, 0.15) is 11.6 Å². The van der Waals surface area contributed by atoms with Crippen LogP contribution in [0.2, 0.25) is 10.0 Å². The molecule has 0 N–H and O–H groups in total. The number of hydrogen-bond donors (Lipinski definition) is 0. The van der Waals surface area contributed by atoms with Gasteiger partial charge in [-0.2, -0.15) is 0 Å². The molecule has 0 atom stereocenters. The van der Waals surface area contributed by atoms with E-state index in [1.54, 1.807) is 92.6 Å². The van der Waals surface area contributed by atoms with Crippen LogP contribution in [0, 0.1) is 0 Å². The Morgan fingerprint density at radius 1 is 0.759 bits per heavy atom. The number of aromatic nitrogens is 4. The maximum Gasteiger partial charge on any atom is 0.266 e. The first-order valence-corrected chi connectivity index (χ1v) is 19.6. The molecule has 0 bridgehead atoms. The maximum atomic E-state index is 13.5. The minimum absolute atomic E-state index is 0.0174. The van der Waals surface area contributed by atoms with Crippen LogP contribution < -0.4 is 20.9 Å². The molecule has 58 heavy (non-hydrogen) atoms. The predicted octanol–water partition coefficient (Wildman–Crippen LogP) is 9.89. The van der Waals surface area contributed by atoms with Gasteiger partial charge in [0.05, 0.1) is 44.6 Å². The number of rotatable bonds is 8. The van der Waals surface area contributed by atoms with Gasteiger partial charge in [0.25, 0.3) is 11.1 Å². The van der Waals surface area contributed by atoms with Crippen LogP contribution in [0.3, 0.4) is 0 Å². The predicted molar refractivity (Wildman–Crippen MR) is 238 cm³/mol. The van der Waals surface area contributed by atoms with Gasteiger partial charge in [0.2, 0.25) is 11.8 Å². The van der Waals surface area contributed by atoms with Gasteiger partial charge in [-0.05, 0) is 72.8 Å². The van der Waals surface area contributed by atoms with E-state index in [2.05, 4.69) is 13.2 Å². The van der Waals surface area contributed by atoms with E-state index in [0.717, 1.165) is 16.9 Å². The van der Waals surface area contributed by atoms with Crippen molar-refractivity contribution in [2.24, 2.45) is 0 Å². The van der Waals surface area contributed by atoms with Gasteiger partial charge in [0.15, 0.2) is 0 Å². The van der Waals surface area contributed by atoms with Crippen molar-refractivity contribution in [2.45, 2.75) is 53.4 Å². The molecule has 2 amide bonds. The lowest BCUT2D eigenvalue weighted by Crippen LogP contribution is -2.31. The summed E-state index contributed by atoms with van der Waals surface area (Å²) < 4.78 is 3.26. The number of anilines is 2. The van der Waals surface area contributed by atoms with Gasteiger partial charge in [0, 0.05) is 59.9 Å². The number of halogens is 2. The third kappa shape index (κ3) is 7.90. The molecule has 1 aliphatic rings. The summed E-state index contributed by atoms with van der Waals surface area (Å²) in [7, 11) is 0. The number of carbonyl (C=O) groups excluding carboxylic acids is 2. The van der Waals surface area contributed by atoms with Crippen molar-refractivity contribution < 1.29 is 9.59 Å². The van der Waals surface area contributed by atoms with Gasteiger partial charge in [-0.3, -0.25) is 28.3 Å². The lowest BCUT2D eigenvalue weighted by Gasteiger charge is -2.26. The largest absolute Gasteiger partial charge is 0.308 e. The zero-order valence-electron chi connectivity index (χ0n) is 33.3. The fourth-order valence-electron chi connectivity index (χ4n) is 7.05. The van der Waals surface area contributed by atoms with Crippen LogP contribution in [-0.4, -0.2) is 44.0 Å². The van der Waals surface area contributed by atoms with Gasteiger partial charge in [-0.1, -0.05) is 81.8 Å².